The van der Waals surface area contributed by atoms with Crippen LogP contribution in [-0.4, -0.2) is 27.7 Å². The fourth-order valence-corrected chi connectivity index (χ4v) is 7.04. The summed E-state index contributed by atoms with van der Waals surface area (Å²) in [7, 11) is 1.67. The molecule has 2 heterocycles. The Kier molecular flexibility index (Phi) is 7.57. The number of carboxylic acids is 1. The standard InChI is InChI=1S/C38H33ClN2O3/c1-44-29-17-18-30(24-11-15-28(39)16-12-24)32(22-29)34-20-13-26-21-27(14-19-33(26)40-34)38-37(25-7-3-2-4-8-25)31-9-5-6-10-35(31)41(38)23-36(42)43/h5-6,9-22,25H,2-4,7-8,23H2,1H3,(H,42,43). The van der Waals surface area contributed by atoms with Crippen LogP contribution in [0.1, 0.15) is 43.6 Å². The van der Waals surface area contributed by atoms with Gasteiger partial charge in [0.05, 0.1) is 24.0 Å². The topological polar surface area (TPSA) is 64.3 Å². The van der Waals surface area contributed by atoms with E-state index in [1.54, 1.807) is 7.11 Å². The molecule has 0 amide bonds. The van der Waals surface area contributed by atoms with E-state index in [1.807, 2.05) is 47.0 Å². The molecular weight excluding hydrogens is 568 g/mol. The van der Waals surface area contributed by atoms with Gasteiger partial charge < -0.3 is 14.4 Å². The normalized spacial score (nSPS) is 13.9. The Bertz CT molecular complexity index is 2010. The predicted octanol–water partition coefficient (Wildman–Crippen LogP) is 9.98. The van der Waals surface area contributed by atoms with Crippen LogP contribution in [-0.2, 0) is 11.3 Å². The number of rotatable bonds is 7. The van der Waals surface area contributed by atoms with Crippen molar-refractivity contribution in [3.8, 4) is 39.4 Å². The summed E-state index contributed by atoms with van der Waals surface area (Å²) in [6.45, 7) is -0.0822. The third-order valence-electron chi connectivity index (χ3n) is 8.94. The number of para-hydroxylation sites is 1. The van der Waals surface area contributed by atoms with Crippen molar-refractivity contribution >= 4 is 39.4 Å². The smallest absolute Gasteiger partial charge is 0.323 e. The molecule has 0 aliphatic heterocycles. The van der Waals surface area contributed by atoms with E-state index in [1.165, 1.54) is 24.8 Å². The van der Waals surface area contributed by atoms with Gasteiger partial charge in [-0.05, 0) is 89.5 Å². The van der Waals surface area contributed by atoms with Crippen LogP contribution >= 0.6 is 11.6 Å². The zero-order chi connectivity index (χ0) is 30.2. The van der Waals surface area contributed by atoms with E-state index in [2.05, 4.69) is 54.6 Å². The first-order valence-electron chi connectivity index (χ1n) is 15.2. The minimum atomic E-state index is -0.843. The molecule has 0 spiro atoms. The fourth-order valence-electron chi connectivity index (χ4n) is 6.91. The second kappa shape index (κ2) is 11.8. The number of hydrogen-bond acceptors (Lipinski definition) is 3. The lowest BCUT2D eigenvalue weighted by atomic mass is 9.82. The van der Waals surface area contributed by atoms with E-state index in [0.29, 0.717) is 10.9 Å². The van der Waals surface area contributed by atoms with Gasteiger partial charge in [0.1, 0.15) is 12.3 Å². The number of methoxy groups -OCH3 is 1. The molecule has 0 saturated heterocycles. The summed E-state index contributed by atoms with van der Waals surface area (Å²) in [5, 5.41) is 12.8. The molecule has 44 heavy (non-hydrogen) atoms. The Morgan fingerprint density at radius 3 is 2.43 bits per heavy atom. The molecule has 7 rings (SSSR count). The molecule has 2 aromatic heterocycles. The van der Waals surface area contributed by atoms with Crippen LogP contribution in [0.3, 0.4) is 0 Å². The van der Waals surface area contributed by atoms with Gasteiger partial charge in [0.25, 0.3) is 0 Å². The highest BCUT2D eigenvalue weighted by molar-refractivity contribution is 6.30. The number of carbonyl (C=O) groups is 1. The number of hydrogen-bond donors (Lipinski definition) is 1. The van der Waals surface area contributed by atoms with Crippen LogP contribution in [0.15, 0.2) is 97.1 Å². The van der Waals surface area contributed by atoms with Crippen molar-refractivity contribution < 1.29 is 14.6 Å². The zero-order valence-electron chi connectivity index (χ0n) is 24.6. The maximum Gasteiger partial charge on any atom is 0.323 e. The zero-order valence-corrected chi connectivity index (χ0v) is 25.3. The number of aromatic nitrogens is 2. The predicted molar refractivity (Wildman–Crippen MR) is 179 cm³/mol. The molecule has 1 aliphatic carbocycles. The van der Waals surface area contributed by atoms with Crippen molar-refractivity contribution in [3.05, 3.63) is 108 Å². The van der Waals surface area contributed by atoms with E-state index < -0.39 is 5.97 Å². The lowest BCUT2D eigenvalue weighted by Gasteiger charge is -2.23. The largest absolute Gasteiger partial charge is 0.497 e. The van der Waals surface area contributed by atoms with E-state index in [4.69, 9.17) is 21.3 Å². The highest BCUT2D eigenvalue weighted by Crippen LogP contribution is 2.44. The summed E-state index contributed by atoms with van der Waals surface area (Å²) in [5.74, 6) is 0.328. The maximum atomic E-state index is 12.1. The van der Waals surface area contributed by atoms with Crippen molar-refractivity contribution in [1.29, 1.82) is 0 Å². The first-order valence-corrected chi connectivity index (χ1v) is 15.6. The third-order valence-corrected chi connectivity index (χ3v) is 9.19. The summed E-state index contributed by atoms with van der Waals surface area (Å²) in [4.78, 5) is 17.2. The van der Waals surface area contributed by atoms with Gasteiger partial charge in [-0.1, -0.05) is 79.4 Å². The van der Waals surface area contributed by atoms with E-state index in [-0.39, 0.29) is 6.54 Å². The van der Waals surface area contributed by atoms with Gasteiger partial charge in [-0.2, -0.15) is 0 Å². The number of nitrogens with zero attached hydrogens (tertiary/aromatic N) is 2. The number of halogens is 1. The van der Waals surface area contributed by atoms with Crippen molar-refractivity contribution in [3.63, 3.8) is 0 Å². The Hall–Kier alpha value is -4.61. The van der Waals surface area contributed by atoms with Gasteiger partial charge in [0, 0.05) is 26.9 Å². The Morgan fingerprint density at radius 1 is 0.886 bits per heavy atom. The lowest BCUT2D eigenvalue weighted by molar-refractivity contribution is -0.137. The summed E-state index contributed by atoms with van der Waals surface area (Å²) in [6.07, 6.45) is 5.92. The maximum absolute atomic E-state index is 12.1. The van der Waals surface area contributed by atoms with Gasteiger partial charge in [0.15, 0.2) is 0 Å². The molecular formula is C38H33ClN2O3. The van der Waals surface area contributed by atoms with Crippen LogP contribution < -0.4 is 4.74 Å². The van der Waals surface area contributed by atoms with Gasteiger partial charge in [-0.15, -0.1) is 0 Å². The summed E-state index contributed by atoms with van der Waals surface area (Å²) in [6, 6.07) is 32.6. The molecule has 4 aromatic carbocycles. The van der Waals surface area contributed by atoms with E-state index in [0.717, 1.165) is 74.0 Å². The SMILES string of the molecule is COc1ccc(-c2ccc(Cl)cc2)c(-c2ccc3cc(-c4c(C5CCCCC5)c5ccccc5n4CC(=O)O)ccc3n2)c1. The number of pyridine rings is 1. The van der Waals surface area contributed by atoms with Gasteiger partial charge in [0.2, 0.25) is 0 Å². The molecule has 0 unspecified atom stereocenters. The number of carboxylic acid groups (broad SMARTS) is 1. The van der Waals surface area contributed by atoms with Crippen molar-refractivity contribution in [2.45, 2.75) is 44.6 Å². The van der Waals surface area contributed by atoms with Crippen LogP contribution in [0, 0.1) is 0 Å². The monoisotopic (exact) mass is 600 g/mol. The molecule has 0 radical (unpaired) electrons. The molecule has 0 atom stereocenters. The summed E-state index contributed by atoms with van der Waals surface area (Å²) < 4.78 is 7.57. The van der Waals surface area contributed by atoms with Crippen LogP contribution in [0.4, 0.5) is 0 Å². The minimum absolute atomic E-state index is 0.0822. The molecule has 1 fully saturated rings. The van der Waals surface area contributed by atoms with Crippen molar-refractivity contribution in [2.24, 2.45) is 0 Å². The average molecular weight is 601 g/mol. The third kappa shape index (κ3) is 5.22. The Balaban J connectivity index is 1.37. The second-order valence-electron chi connectivity index (χ2n) is 11.6. The molecule has 1 N–H and O–H groups in total. The number of fused-ring (bicyclic) bond motifs is 2. The lowest BCUT2D eigenvalue weighted by Crippen LogP contribution is -2.11. The van der Waals surface area contributed by atoms with Gasteiger partial charge in [-0.25, -0.2) is 4.98 Å². The molecule has 1 aliphatic rings. The van der Waals surface area contributed by atoms with E-state index in [9.17, 15) is 9.90 Å². The highest BCUT2D eigenvalue weighted by atomic mass is 35.5. The quantitative estimate of drug-likeness (QED) is 0.198. The molecule has 6 aromatic rings. The van der Waals surface area contributed by atoms with Crippen LogP contribution in [0.5, 0.6) is 5.75 Å². The number of benzene rings is 4. The fraction of sp³-hybridized carbons (Fsp3) is 0.211. The van der Waals surface area contributed by atoms with Crippen LogP contribution in [0.25, 0.3) is 55.4 Å². The minimum Gasteiger partial charge on any atom is -0.497 e. The number of ether oxygens (including phenoxy) is 1. The molecule has 1 saturated carbocycles. The Labute approximate surface area is 261 Å². The van der Waals surface area contributed by atoms with Gasteiger partial charge in [-0.3, -0.25) is 4.79 Å². The van der Waals surface area contributed by atoms with Crippen LogP contribution in [0.2, 0.25) is 5.02 Å². The molecule has 6 heteroatoms. The Morgan fingerprint density at radius 2 is 1.66 bits per heavy atom. The van der Waals surface area contributed by atoms with Gasteiger partial charge >= 0.3 is 5.97 Å². The summed E-state index contributed by atoms with van der Waals surface area (Å²) >= 11 is 6.17. The summed E-state index contributed by atoms with van der Waals surface area (Å²) in [5.41, 5.74) is 9.08. The molecule has 5 nitrogen and oxygen atoms in total. The second-order valence-corrected chi connectivity index (χ2v) is 12.1. The van der Waals surface area contributed by atoms with E-state index >= 15 is 0 Å². The molecule has 220 valence electrons. The average Bonchev–Trinajstić information content (AvgIpc) is 3.38. The first kappa shape index (κ1) is 28.2. The highest BCUT2D eigenvalue weighted by Gasteiger charge is 2.27. The van der Waals surface area contributed by atoms with Crippen molar-refractivity contribution in [1.82, 2.24) is 9.55 Å². The van der Waals surface area contributed by atoms with Crippen molar-refractivity contribution in [2.75, 3.05) is 7.11 Å². The number of aliphatic carboxylic acids is 1. The first-order chi connectivity index (χ1) is 21.5. The molecule has 0 bridgehead atoms.